The quantitative estimate of drug-likeness (QED) is 0.709. The maximum Gasteiger partial charge on any atom is 0.336 e. The predicted molar refractivity (Wildman–Crippen MR) is 89.2 cm³/mol. The number of nitrogens with zero attached hydrogens (tertiary/aromatic N) is 2. The zero-order chi connectivity index (χ0) is 16.9. The third-order valence-corrected chi connectivity index (χ3v) is 3.77. The molecule has 24 heavy (non-hydrogen) atoms. The minimum atomic E-state index is -1.09. The third kappa shape index (κ3) is 3.57. The zero-order valence-corrected chi connectivity index (χ0v) is 12.9. The molecule has 1 aromatic heterocycles. The first-order chi connectivity index (χ1) is 11.6. The van der Waals surface area contributed by atoms with Crippen LogP contribution < -0.4 is 0 Å². The molecule has 0 radical (unpaired) electrons. The first-order valence-corrected chi connectivity index (χ1v) is 7.52. The first kappa shape index (κ1) is 15.7. The first-order valence-electron chi connectivity index (χ1n) is 7.52. The molecule has 5 heteroatoms. The Morgan fingerprint density at radius 3 is 2.25 bits per heavy atom. The molecule has 2 aromatic carbocycles. The summed E-state index contributed by atoms with van der Waals surface area (Å²) < 4.78 is 1.96. The Labute approximate surface area is 139 Å². The van der Waals surface area contributed by atoms with Gasteiger partial charge in [0.05, 0.1) is 11.9 Å². The lowest BCUT2D eigenvalue weighted by atomic mass is 9.98. The molecule has 0 saturated carbocycles. The second kappa shape index (κ2) is 6.91. The van der Waals surface area contributed by atoms with E-state index in [4.69, 9.17) is 0 Å². The van der Waals surface area contributed by atoms with E-state index in [0.717, 1.165) is 17.7 Å². The van der Waals surface area contributed by atoms with Crippen molar-refractivity contribution in [2.45, 2.75) is 13.0 Å². The van der Waals surface area contributed by atoms with Gasteiger partial charge < -0.3 is 9.67 Å². The van der Waals surface area contributed by atoms with Gasteiger partial charge in [-0.2, -0.15) is 0 Å². The summed E-state index contributed by atoms with van der Waals surface area (Å²) in [6, 6.07) is 14.0. The second-order valence-corrected chi connectivity index (χ2v) is 5.50. The summed E-state index contributed by atoms with van der Waals surface area (Å²) in [7, 11) is 0. The predicted octanol–water partition coefficient (Wildman–Crippen LogP) is 3.06. The van der Waals surface area contributed by atoms with E-state index in [2.05, 4.69) is 4.98 Å². The summed E-state index contributed by atoms with van der Waals surface area (Å²) in [5.74, 6) is -1.29. The van der Waals surface area contributed by atoms with Gasteiger partial charge in [0, 0.05) is 30.9 Å². The fourth-order valence-corrected chi connectivity index (χ4v) is 2.55. The molecular formula is C19H16N2O3. The molecule has 0 atom stereocenters. The maximum atomic E-state index is 12.4. The molecule has 0 bridgehead atoms. The summed E-state index contributed by atoms with van der Waals surface area (Å²) in [5, 5.41) is 9.18. The van der Waals surface area contributed by atoms with Crippen LogP contribution in [0.25, 0.3) is 0 Å². The van der Waals surface area contributed by atoms with Gasteiger partial charge in [0.2, 0.25) is 0 Å². The van der Waals surface area contributed by atoms with E-state index in [1.165, 1.54) is 6.07 Å². The van der Waals surface area contributed by atoms with Gasteiger partial charge in [-0.1, -0.05) is 42.5 Å². The molecule has 0 spiro atoms. The van der Waals surface area contributed by atoms with Crippen molar-refractivity contribution in [1.82, 2.24) is 9.55 Å². The van der Waals surface area contributed by atoms with Gasteiger partial charge in [0.1, 0.15) is 0 Å². The number of ketones is 1. The highest BCUT2D eigenvalue weighted by Gasteiger charge is 2.15. The fraction of sp³-hybridized carbons (Fsp3) is 0.105. The summed E-state index contributed by atoms with van der Waals surface area (Å²) in [6.07, 6.45) is 5.54. The Morgan fingerprint density at radius 2 is 1.62 bits per heavy atom. The fourth-order valence-electron chi connectivity index (χ4n) is 2.55. The molecule has 0 saturated heterocycles. The Hall–Kier alpha value is -3.21. The molecule has 5 nitrogen and oxygen atoms in total. The summed E-state index contributed by atoms with van der Waals surface area (Å²) in [6.45, 7) is 0.718. The van der Waals surface area contributed by atoms with Crippen LogP contribution >= 0.6 is 0 Å². The molecule has 1 N–H and O–H groups in total. The topological polar surface area (TPSA) is 72.2 Å². The highest BCUT2D eigenvalue weighted by molar-refractivity contribution is 6.06. The van der Waals surface area contributed by atoms with E-state index in [1.807, 2.05) is 35.0 Å². The van der Waals surface area contributed by atoms with E-state index in [0.29, 0.717) is 0 Å². The van der Waals surface area contributed by atoms with Crippen molar-refractivity contribution in [3.05, 3.63) is 89.5 Å². The van der Waals surface area contributed by atoms with Crippen LogP contribution in [0.3, 0.4) is 0 Å². The highest BCUT2D eigenvalue weighted by Crippen LogP contribution is 2.14. The summed E-state index contributed by atoms with van der Waals surface area (Å²) in [5.41, 5.74) is 2.25. The molecule has 0 aliphatic heterocycles. The Bertz CT molecular complexity index is 853. The molecule has 0 fully saturated rings. The lowest BCUT2D eigenvalue weighted by Crippen LogP contribution is -2.10. The average Bonchev–Trinajstić information content (AvgIpc) is 3.09. The van der Waals surface area contributed by atoms with Crippen LogP contribution in [0, 0.1) is 0 Å². The van der Waals surface area contributed by atoms with E-state index < -0.39 is 5.97 Å². The number of imidazole rings is 1. The lowest BCUT2D eigenvalue weighted by molar-refractivity contribution is 0.0692. The van der Waals surface area contributed by atoms with E-state index in [9.17, 15) is 14.7 Å². The lowest BCUT2D eigenvalue weighted by Gasteiger charge is -2.07. The number of benzene rings is 2. The normalized spacial score (nSPS) is 10.5. The molecule has 0 amide bonds. The molecule has 0 aliphatic rings. The highest BCUT2D eigenvalue weighted by atomic mass is 16.4. The minimum absolute atomic E-state index is 0.0410. The zero-order valence-electron chi connectivity index (χ0n) is 12.9. The van der Waals surface area contributed by atoms with Crippen molar-refractivity contribution in [1.29, 1.82) is 0 Å². The minimum Gasteiger partial charge on any atom is -0.478 e. The largest absolute Gasteiger partial charge is 0.478 e. The molecule has 3 aromatic rings. The van der Waals surface area contributed by atoms with Crippen LogP contribution in [0.5, 0.6) is 0 Å². The number of carboxylic acid groups (broad SMARTS) is 1. The maximum absolute atomic E-state index is 12.4. The van der Waals surface area contributed by atoms with Gasteiger partial charge >= 0.3 is 5.97 Å². The number of hydrogen-bond donors (Lipinski definition) is 1. The summed E-state index contributed by atoms with van der Waals surface area (Å²) >= 11 is 0. The van der Waals surface area contributed by atoms with Crippen molar-refractivity contribution in [3.63, 3.8) is 0 Å². The van der Waals surface area contributed by atoms with Crippen LogP contribution in [0.1, 0.15) is 31.8 Å². The van der Waals surface area contributed by atoms with Gasteiger partial charge in [0.25, 0.3) is 0 Å². The van der Waals surface area contributed by atoms with Crippen LogP contribution in [-0.2, 0) is 13.0 Å². The Balaban J connectivity index is 1.72. The van der Waals surface area contributed by atoms with E-state index >= 15 is 0 Å². The number of Topliss-reactive ketones (excluding diaryl/α,β-unsaturated/α-hetero) is 1. The van der Waals surface area contributed by atoms with Crippen molar-refractivity contribution in [3.8, 4) is 0 Å². The average molecular weight is 320 g/mol. The SMILES string of the molecule is O=C(O)c1ccccc1C(=O)Cc1ccc(Cn2ccnc2)cc1. The van der Waals surface area contributed by atoms with Crippen LogP contribution in [0.2, 0.25) is 0 Å². The standard InChI is InChI=1S/C19H16N2O3/c22-18(16-3-1-2-4-17(16)19(23)24)11-14-5-7-15(8-6-14)12-21-10-9-20-13-21/h1-10,13H,11-12H2,(H,23,24). The molecule has 0 aliphatic carbocycles. The number of rotatable bonds is 6. The molecule has 1 heterocycles. The molecule has 0 unspecified atom stereocenters. The monoisotopic (exact) mass is 320 g/mol. The van der Waals surface area contributed by atoms with Crippen LogP contribution in [0.4, 0.5) is 0 Å². The number of carbonyl (C=O) groups excluding carboxylic acids is 1. The van der Waals surface area contributed by atoms with Crippen LogP contribution in [0.15, 0.2) is 67.3 Å². The van der Waals surface area contributed by atoms with Gasteiger partial charge in [-0.25, -0.2) is 9.78 Å². The third-order valence-electron chi connectivity index (χ3n) is 3.77. The number of hydrogen-bond acceptors (Lipinski definition) is 3. The Kier molecular flexibility index (Phi) is 4.52. The number of carboxylic acids is 1. The summed E-state index contributed by atoms with van der Waals surface area (Å²) in [4.78, 5) is 27.6. The van der Waals surface area contributed by atoms with Crippen molar-refractivity contribution in [2.75, 3.05) is 0 Å². The van der Waals surface area contributed by atoms with Crippen molar-refractivity contribution < 1.29 is 14.7 Å². The smallest absolute Gasteiger partial charge is 0.336 e. The second-order valence-electron chi connectivity index (χ2n) is 5.50. The molecule has 120 valence electrons. The van der Waals surface area contributed by atoms with Gasteiger partial charge in [0.15, 0.2) is 5.78 Å². The van der Waals surface area contributed by atoms with Crippen LogP contribution in [-0.4, -0.2) is 26.4 Å². The Morgan fingerprint density at radius 1 is 0.958 bits per heavy atom. The van der Waals surface area contributed by atoms with E-state index in [-0.39, 0.29) is 23.3 Å². The van der Waals surface area contributed by atoms with Gasteiger partial charge in [-0.15, -0.1) is 0 Å². The van der Waals surface area contributed by atoms with E-state index in [1.54, 1.807) is 30.7 Å². The number of carbonyl (C=O) groups is 2. The molecule has 3 rings (SSSR count). The molecular weight excluding hydrogens is 304 g/mol. The van der Waals surface area contributed by atoms with Gasteiger partial charge in [-0.3, -0.25) is 4.79 Å². The number of aromatic nitrogens is 2. The van der Waals surface area contributed by atoms with Crippen molar-refractivity contribution >= 4 is 11.8 Å². The van der Waals surface area contributed by atoms with Crippen molar-refractivity contribution in [2.24, 2.45) is 0 Å². The number of aromatic carboxylic acids is 1. The van der Waals surface area contributed by atoms with Gasteiger partial charge in [-0.05, 0) is 17.2 Å².